The van der Waals surface area contributed by atoms with Crippen LogP contribution in [0.2, 0.25) is 0 Å². The molecule has 0 atom stereocenters. The number of hydrogen-bond donors (Lipinski definition) is 2. The molecular weight excluding hydrogens is 256 g/mol. The molecule has 0 saturated carbocycles. The average Bonchev–Trinajstić information content (AvgIpc) is 3.00. The highest BCUT2D eigenvalue weighted by Crippen LogP contribution is 2.11. The highest BCUT2D eigenvalue weighted by Gasteiger charge is 2.08. The molecule has 5 heteroatoms. The fraction of sp³-hybridized carbons (Fsp3) is 0.200. The van der Waals surface area contributed by atoms with Gasteiger partial charge in [0, 0.05) is 18.7 Å². The predicted molar refractivity (Wildman–Crippen MR) is 75.2 cm³/mol. The van der Waals surface area contributed by atoms with Gasteiger partial charge in [0.1, 0.15) is 0 Å². The van der Waals surface area contributed by atoms with Gasteiger partial charge >= 0.3 is 0 Å². The summed E-state index contributed by atoms with van der Waals surface area (Å²) in [4.78, 5) is 22.9. The summed E-state index contributed by atoms with van der Waals surface area (Å²) in [5.74, 6) is -0.00785. The molecule has 5 nitrogen and oxygen atoms in total. The number of nitrogens with one attached hydrogen (secondary N) is 2. The Balaban J connectivity index is 1.91. The van der Waals surface area contributed by atoms with Crippen LogP contribution in [0.1, 0.15) is 29.5 Å². The van der Waals surface area contributed by atoms with Crippen LogP contribution in [-0.2, 0) is 11.3 Å². The third-order valence-corrected chi connectivity index (χ3v) is 2.77. The van der Waals surface area contributed by atoms with Gasteiger partial charge in [-0.05, 0) is 29.8 Å². The largest absolute Gasteiger partial charge is 0.459 e. The molecule has 0 radical (unpaired) electrons. The SMILES string of the molecule is CCC(=O)NCc1ccc(NC(=O)c2ccco2)cc1. The van der Waals surface area contributed by atoms with Crippen LogP contribution in [0.5, 0.6) is 0 Å². The minimum absolute atomic E-state index is 0.0141. The van der Waals surface area contributed by atoms with E-state index in [1.54, 1.807) is 24.3 Å². The summed E-state index contributed by atoms with van der Waals surface area (Å²) in [7, 11) is 0. The zero-order valence-corrected chi connectivity index (χ0v) is 11.2. The molecule has 0 spiro atoms. The maximum Gasteiger partial charge on any atom is 0.291 e. The van der Waals surface area contributed by atoms with E-state index in [4.69, 9.17) is 4.42 Å². The lowest BCUT2D eigenvalue weighted by molar-refractivity contribution is -0.120. The molecule has 0 unspecified atom stereocenters. The van der Waals surface area contributed by atoms with Gasteiger partial charge in [-0.25, -0.2) is 0 Å². The summed E-state index contributed by atoms with van der Waals surface area (Å²) in [5.41, 5.74) is 1.65. The first-order valence-electron chi connectivity index (χ1n) is 6.39. The van der Waals surface area contributed by atoms with Crippen molar-refractivity contribution in [2.75, 3.05) is 5.32 Å². The van der Waals surface area contributed by atoms with E-state index in [9.17, 15) is 9.59 Å². The molecule has 0 aliphatic heterocycles. The van der Waals surface area contributed by atoms with Crippen LogP contribution >= 0.6 is 0 Å². The van der Waals surface area contributed by atoms with Crippen LogP contribution in [0.15, 0.2) is 47.1 Å². The Bertz CT molecular complexity index is 574. The van der Waals surface area contributed by atoms with Crippen molar-refractivity contribution in [1.29, 1.82) is 0 Å². The highest BCUT2D eigenvalue weighted by atomic mass is 16.3. The minimum atomic E-state index is -0.290. The van der Waals surface area contributed by atoms with E-state index in [2.05, 4.69) is 10.6 Å². The summed E-state index contributed by atoms with van der Waals surface area (Å²) in [6.45, 7) is 2.29. The second kappa shape index (κ2) is 6.56. The smallest absolute Gasteiger partial charge is 0.291 e. The molecule has 1 aromatic heterocycles. The third kappa shape index (κ3) is 3.71. The van der Waals surface area contributed by atoms with Crippen molar-refractivity contribution in [3.63, 3.8) is 0 Å². The number of hydrogen-bond acceptors (Lipinski definition) is 3. The quantitative estimate of drug-likeness (QED) is 0.878. The predicted octanol–water partition coefficient (Wildman–Crippen LogP) is 2.56. The molecule has 2 amide bonds. The van der Waals surface area contributed by atoms with Crippen LogP contribution in [0, 0.1) is 0 Å². The fourth-order valence-electron chi connectivity index (χ4n) is 1.63. The van der Waals surface area contributed by atoms with Crippen LogP contribution < -0.4 is 10.6 Å². The Morgan fingerprint density at radius 1 is 1.15 bits per heavy atom. The molecule has 2 aromatic rings. The van der Waals surface area contributed by atoms with Crippen LogP contribution in [-0.4, -0.2) is 11.8 Å². The van der Waals surface area contributed by atoms with Crippen molar-refractivity contribution in [1.82, 2.24) is 5.32 Å². The molecule has 20 heavy (non-hydrogen) atoms. The number of anilines is 1. The Morgan fingerprint density at radius 3 is 2.50 bits per heavy atom. The lowest BCUT2D eigenvalue weighted by Gasteiger charge is -2.06. The van der Waals surface area contributed by atoms with Crippen molar-refractivity contribution in [2.24, 2.45) is 0 Å². The van der Waals surface area contributed by atoms with Gasteiger partial charge < -0.3 is 15.1 Å². The molecule has 0 aliphatic carbocycles. The molecule has 1 aromatic carbocycles. The number of benzene rings is 1. The average molecular weight is 272 g/mol. The number of rotatable bonds is 5. The van der Waals surface area contributed by atoms with Gasteiger partial charge in [-0.15, -0.1) is 0 Å². The summed E-state index contributed by atoms with van der Waals surface area (Å²) < 4.78 is 5.01. The Hall–Kier alpha value is -2.56. The molecular formula is C15H16N2O3. The van der Waals surface area contributed by atoms with Gasteiger partial charge in [0.05, 0.1) is 6.26 Å². The fourth-order valence-corrected chi connectivity index (χ4v) is 1.63. The monoisotopic (exact) mass is 272 g/mol. The Morgan fingerprint density at radius 2 is 1.90 bits per heavy atom. The van der Waals surface area contributed by atoms with Crippen LogP contribution in [0.3, 0.4) is 0 Å². The van der Waals surface area contributed by atoms with Crippen molar-refractivity contribution in [2.45, 2.75) is 19.9 Å². The first-order valence-corrected chi connectivity index (χ1v) is 6.39. The highest BCUT2D eigenvalue weighted by molar-refractivity contribution is 6.02. The zero-order chi connectivity index (χ0) is 14.4. The lowest BCUT2D eigenvalue weighted by atomic mass is 10.2. The summed E-state index contributed by atoms with van der Waals surface area (Å²) in [6, 6.07) is 10.5. The van der Waals surface area contributed by atoms with E-state index in [-0.39, 0.29) is 17.6 Å². The Kier molecular flexibility index (Phi) is 4.55. The second-order valence-corrected chi connectivity index (χ2v) is 4.26. The summed E-state index contributed by atoms with van der Waals surface area (Å²) in [5, 5.41) is 5.52. The maximum absolute atomic E-state index is 11.8. The number of carbonyl (C=O) groups excluding carboxylic acids is 2. The van der Waals surface area contributed by atoms with Gasteiger partial charge in [0.25, 0.3) is 5.91 Å². The van der Waals surface area contributed by atoms with E-state index in [0.717, 1.165) is 5.56 Å². The molecule has 2 rings (SSSR count). The molecule has 1 heterocycles. The molecule has 2 N–H and O–H groups in total. The van der Waals surface area contributed by atoms with E-state index in [1.807, 2.05) is 19.1 Å². The maximum atomic E-state index is 11.8. The van der Waals surface area contributed by atoms with Gasteiger partial charge in [-0.3, -0.25) is 9.59 Å². The number of amides is 2. The molecule has 0 fully saturated rings. The molecule has 0 aliphatic rings. The normalized spacial score (nSPS) is 10.1. The zero-order valence-electron chi connectivity index (χ0n) is 11.2. The first kappa shape index (κ1) is 13.9. The molecule has 104 valence electrons. The van der Waals surface area contributed by atoms with Crippen LogP contribution in [0.4, 0.5) is 5.69 Å². The van der Waals surface area contributed by atoms with E-state index >= 15 is 0 Å². The van der Waals surface area contributed by atoms with Crippen molar-refractivity contribution in [3.8, 4) is 0 Å². The van der Waals surface area contributed by atoms with Crippen molar-refractivity contribution >= 4 is 17.5 Å². The topological polar surface area (TPSA) is 71.3 Å². The van der Waals surface area contributed by atoms with E-state index in [0.29, 0.717) is 18.7 Å². The van der Waals surface area contributed by atoms with Gasteiger partial charge in [-0.1, -0.05) is 19.1 Å². The minimum Gasteiger partial charge on any atom is -0.459 e. The van der Waals surface area contributed by atoms with Gasteiger partial charge in [0.15, 0.2) is 5.76 Å². The number of carbonyl (C=O) groups is 2. The van der Waals surface area contributed by atoms with Crippen molar-refractivity contribution in [3.05, 3.63) is 54.0 Å². The van der Waals surface area contributed by atoms with Crippen molar-refractivity contribution < 1.29 is 14.0 Å². The third-order valence-electron chi connectivity index (χ3n) is 2.77. The first-order chi connectivity index (χ1) is 9.69. The van der Waals surface area contributed by atoms with Gasteiger partial charge in [0.2, 0.25) is 5.91 Å². The van der Waals surface area contributed by atoms with Gasteiger partial charge in [-0.2, -0.15) is 0 Å². The second-order valence-electron chi connectivity index (χ2n) is 4.26. The summed E-state index contributed by atoms with van der Waals surface area (Å²) in [6.07, 6.45) is 1.92. The number of furan rings is 1. The lowest BCUT2D eigenvalue weighted by Crippen LogP contribution is -2.21. The van der Waals surface area contributed by atoms with E-state index in [1.165, 1.54) is 6.26 Å². The molecule has 0 saturated heterocycles. The van der Waals surface area contributed by atoms with E-state index < -0.39 is 0 Å². The summed E-state index contributed by atoms with van der Waals surface area (Å²) >= 11 is 0. The molecule has 0 bridgehead atoms. The Labute approximate surface area is 117 Å². The van der Waals surface area contributed by atoms with Crippen LogP contribution in [0.25, 0.3) is 0 Å². The standard InChI is InChI=1S/C15H16N2O3/c1-2-14(18)16-10-11-5-7-12(8-6-11)17-15(19)13-4-3-9-20-13/h3-9H,2,10H2,1H3,(H,16,18)(H,17,19).